The Balaban J connectivity index is 0.000000261. The zero-order chi connectivity index (χ0) is 95.2. The van der Waals surface area contributed by atoms with Gasteiger partial charge in [0.1, 0.15) is 36.3 Å². The minimum absolute atomic E-state index is 0.0741. The van der Waals surface area contributed by atoms with Crippen molar-refractivity contribution in [1.29, 1.82) is 0 Å². The number of hydrogen-bond donors (Lipinski definition) is 7. The third-order valence-corrected chi connectivity index (χ3v) is 24.5. The Morgan fingerprint density at radius 2 is 0.961 bits per heavy atom. The van der Waals surface area contributed by atoms with Gasteiger partial charge in [0.15, 0.2) is 30.9 Å². The first-order valence-electron chi connectivity index (χ1n) is 35.5. The zero-order valence-corrected chi connectivity index (χ0v) is 87.3. The van der Waals surface area contributed by atoms with Crippen molar-refractivity contribution in [1.82, 2.24) is 64.7 Å². The van der Waals surface area contributed by atoms with E-state index in [4.69, 9.17) is 184 Å². The summed E-state index contributed by atoms with van der Waals surface area (Å²) in [7, 11) is 4.30. The number of rotatable bonds is 17. The molecule has 2 aliphatic heterocycles. The molecule has 0 radical (unpaired) electrons. The largest absolute Gasteiger partial charge is 0.477 e. The molecule has 682 valence electrons. The summed E-state index contributed by atoms with van der Waals surface area (Å²) in [6, 6.07) is 26.7. The predicted molar refractivity (Wildman–Crippen MR) is 542 cm³/mol. The number of amides is 3. The van der Waals surface area contributed by atoms with E-state index in [-0.39, 0.29) is 49.2 Å². The molecule has 0 unspecified atom stereocenters. The number of alkyl halides is 2. The molecule has 0 bridgehead atoms. The minimum atomic E-state index is -1.27. The molecule has 2 aliphatic rings. The molecule has 0 spiro atoms. The summed E-state index contributed by atoms with van der Waals surface area (Å²) in [5.74, 6) is -2.42. The maximum absolute atomic E-state index is 12.6. The number of halogens is 15. The van der Waals surface area contributed by atoms with Crippen molar-refractivity contribution in [3.05, 3.63) is 237 Å². The van der Waals surface area contributed by atoms with E-state index in [1.165, 1.54) is 120 Å². The second-order valence-corrected chi connectivity index (χ2v) is 37.9. The molecule has 9 N–H and O–H groups in total. The van der Waals surface area contributed by atoms with Gasteiger partial charge in [0.2, 0.25) is 0 Å². The number of carboxylic acid groups (broad SMARTS) is 1. The Bertz CT molecular complexity index is 5720. The highest BCUT2D eigenvalue weighted by atomic mass is 79.9. The Kier molecular flexibility index (Phi) is 51.4. The molecular formula is C77H72Br2Cl13N19O9S8. The summed E-state index contributed by atoms with van der Waals surface area (Å²) in [6.07, 6.45) is 21.4. The minimum Gasteiger partial charge on any atom is -0.477 e. The monoisotopic (exact) mass is 2270 g/mol. The number of thioether (sulfide) groups is 7. The lowest BCUT2D eigenvalue weighted by Crippen LogP contribution is -2.42. The summed E-state index contributed by atoms with van der Waals surface area (Å²) in [5.41, 5.74) is 14.9. The number of ether oxygens (including phenoxy) is 1. The van der Waals surface area contributed by atoms with E-state index in [2.05, 4.69) is 126 Å². The van der Waals surface area contributed by atoms with Gasteiger partial charge in [0.25, 0.3) is 28.5 Å². The number of aromatic carboxylic acids is 1. The third kappa shape index (κ3) is 35.5. The van der Waals surface area contributed by atoms with Gasteiger partial charge in [-0.3, -0.25) is 28.9 Å². The van der Waals surface area contributed by atoms with E-state index in [1.54, 1.807) is 97.1 Å². The summed E-state index contributed by atoms with van der Waals surface area (Å²) in [4.78, 5) is 131. The molecule has 5 aromatic carbocycles. The molecule has 0 aliphatic carbocycles. The van der Waals surface area contributed by atoms with Crippen LogP contribution in [0.5, 0.6) is 0 Å². The highest BCUT2D eigenvalue weighted by Crippen LogP contribution is 2.41. The first-order valence-corrected chi connectivity index (χ1v) is 51.4. The van der Waals surface area contributed by atoms with Gasteiger partial charge in [0, 0.05) is 62.0 Å². The summed E-state index contributed by atoms with van der Waals surface area (Å²) >= 11 is 97.2. The van der Waals surface area contributed by atoms with Crippen LogP contribution < -0.4 is 37.5 Å². The van der Waals surface area contributed by atoms with Gasteiger partial charge in [-0.25, -0.2) is 59.4 Å². The SMILES string of the molecule is BrCBr.CCOC(=O)c1cnc(SC)nc1Cl.CN(C)C1CCN(c2ccc(N)cc2Cl)CC1.CSc1ncc(C(=O)Cl)c(Cl)n1.CSc1ncc(C(=O)Nc2c(Cl)cccc2Cl)c(=S)[nH]1.CSc1ncc(C(=O)Nc2c(Cl)cccc2Cl)c(Cl)n1.CSc1ncc(C(=O)O)c(=O)[nH]1.CSc1ncc2c(n1)SCN(c1c(Cl)cccc1Cl)C2=O.Nc1c(Cl)cccc1Cl. The smallest absolute Gasteiger partial charge is 0.342 e. The number of nitrogens with two attached hydrogens (primary N) is 2. The average Bonchev–Trinajstić information content (AvgIpc) is 0.774. The number of nitrogens with zero attached hydrogens (tertiary/aromatic N) is 13. The number of nitrogen functional groups attached to an aromatic ring is 2. The Hall–Kier alpha value is -5.84. The molecule has 6 aromatic heterocycles. The van der Waals surface area contributed by atoms with Crippen LogP contribution in [0.3, 0.4) is 0 Å². The molecule has 13 rings (SSSR count). The summed E-state index contributed by atoms with van der Waals surface area (Å²) in [5, 5.41) is 21.3. The molecule has 0 atom stereocenters. The van der Waals surface area contributed by atoms with Gasteiger partial charge in [-0.2, -0.15) is 0 Å². The van der Waals surface area contributed by atoms with E-state index in [0.29, 0.717) is 128 Å². The average molecular weight is 2280 g/mol. The van der Waals surface area contributed by atoms with Crippen molar-refractivity contribution in [3.8, 4) is 0 Å². The number of carbonyl (C=O) groups is 6. The zero-order valence-electron chi connectivity index (χ0n) is 67.8. The second kappa shape index (κ2) is 58.3. The van der Waals surface area contributed by atoms with E-state index in [0.717, 1.165) is 39.9 Å². The molecule has 0 saturated carbocycles. The fraction of sp³-hybridized carbons (Fsp3) is 0.221. The quantitative estimate of drug-likeness (QED) is 0.00650. The molecule has 11 aromatic rings. The number of esters is 1. The molecule has 1 fully saturated rings. The van der Waals surface area contributed by atoms with Gasteiger partial charge < -0.3 is 51.7 Å². The number of fused-ring (bicyclic) bond motifs is 1. The first-order chi connectivity index (χ1) is 60.8. The molecule has 8 heterocycles. The number of piperidine rings is 1. The molecule has 1 saturated heterocycles. The lowest BCUT2D eigenvalue weighted by Gasteiger charge is -2.36. The van der Waals surface area contributed by atoms with Crippen molar-refractivity contribution in [2.24, 2.45) is 0 Å². The van der Waals surface area contributed by atoms with Crippen LogP contribution in [0.2, 0.25) is 60.7 Å². The number of H-pyrrole nitrogens is 2. The number of hydrogen-bond acceptors (Lipinski definition) is 30. The van der Waals surface area contributed by atoms with Crippen LogP contribution >= 0.6 is 277 Å². The van der Waals surface area contributed by atoms with Gasteiger partial charge in [-0.15, -0.1) is 0 Å². The van der Waals surface area contributed by atoms with Crippen LogP contribution in [0.15, 0.2) is 169 Å². The molecule has 51 heteroatoms. The van der Waals surface area contributed by atoms with Crippen LogP contribution in [0.25, 0.3) is 0 Å². The van der Waals surface area contributed by atoms with Crippen LogP contribution in [-0.2, 0) is 4.74 Å². The Morgan fingerprint density at radius 1 is 0.555 bits per heavy atom. The van der Waals surface area contributed by atoms with Crippen molar-refractivity contribution < 1.29 is 38.6 Å². The van der Waals surface area contributed by atoms with Crippen LogP contribution in [-0.4, -0.2) is 192 Å². The second-order valence-electron chi connectivity index (χ2n) is 24.1. The number of carboxylic acids is 1. The lowest BCUT2D eigenvalue weighted by molar-refractivity contribution is 0.0524. The van der Waals surface area contributed by atoms with Crippen molar-refractivity contribution in [2.75, 3.05) is 113 Å². The van der Waals surface area contributed by atoms with Crippen LogP contribution in [0.4, 0.5) is 34.1 Å². The normalized spacial score (nSPS) is 11.7. The van der Waals surface area contributed by atoms with Gasteiger partial charge in [-0.05, 0) is 150 Å². The lowest BCUT2D eigenvalue weighted by atomic mass is 10.0. The van der Waals surface area contributed by atoms with Gasteiger partial charge >= 0.3 is 11.9 Å². The topological polar surface area (TPSA) is 395 Å². The number of aromatic nitrogens is 12. The Morgan fingerprint density at radius 3 is 1.36 bits per heavy atom. The van der Waals surface area contributed by atoms with Gasteiger partial charge in [0.05, 0.1) is 113 Å². The number of benzene rings is 5. The Labute approximate surface area is 852 Å². The highest BCUT2D eigenvalue weighted by molar-refractivity contribution is 9.24. The third-order valence-electron chi connectivity index (χ3n) is 15.9. The first kappa shape index (κ1) is 113. The standard InChI is InChI=1S/C13H9Cl2N3OS2.C13H20ClN3.C12H8Cl3N3OS.C12H9Cl2N3OS2.C8H9ClN2O2S.C6H4Cl2N2OS.C6H5Cl2N.C6H6N2O3S.CH2Br2/c1-20-13-16-5-7-11(17-13)21-6-18(12(7)19)10-8(14)3-2-4-9(10)15;1-16(2)11-5-7-17(8-6-11)13-4-3-10(15)9-12(13)14;1-20-12-16-5-6(10(15)18-12)11(19)17-9-7(13)3-2-4-8(9)14;1-20-12-15-5-6(11(19)17-12)10(18)16-9-7(13)3-2-4-8(9)14;1-3-13-7(12)5-4-10-8(14-2)11-6(5)9;1-12-6-9-2-3(5(8)11)4(7)10-6;7-4-2-1-3-5(8)6(4)9;1-12-6-7-2-3(5(10)11)4(9)8-6;2-1-3/h2-5H,6H2,1H3;3-4,9,11H,5-8,15H2,1-2H3;2-5H,1H3,(H,17,19);2-5H,1H3,(H,16,18)(H,15,17,19);4H,3H2,1-2H3;2H,1H3;1-3H,9H2;2H,1H3,(H,10,11)(H,7,8,9);1H2. The van der Waals surface area contributed by atoms with Crippen LogP contribution in [0, 0.1) is 4.64 Å². The van der Waals surface area contributed by atoms with E-state index < -0.39 is 34.6 Å². The number of carbonyl (C=O) groups excluding carboxylic acids is 5. The maximum Gasteiger partial charge on any atom is 0.342 e. The number of para-hydroxylation sites is 4. The molecular weight excluding hydrogens is 2210 g/mol. The predicted octanol–water partition coefficient (Wildman–Crippen LogP) is 24.3. The summed E-state index contributed by atoms with van der Waals surface area (Å²) in [6.45, 7) is 4.15. The number of anilines is 6. The van der Waals surface area contributed by atoms with Crippen molar-refractivity contribution in [2.45, 2.75) is 61.8 Å². The molecule has 128 heavy (non-hydrogen) atoms. The number of aromatic amines is 2. The fourth-order valence-electron chi connectivity index (χ4n) is 9.70. The van der Waals surface area contributed by atoms with E-state index in [9.17, 15) is 33.6 Å². The van der Waals surface area contributed by atoms with Gasteiger partial charge in [-0.1, -0.05) is 290 Å². The number of nitrogens with one attached hydrogen (secondary N) is 4. The highest BCUT2D eigenvalue weighted by Gasteiger charge is 2.31. The fourth-order valence-corrected chi connectivity index (χ4v) is 16.4. The van der Waals surface area contributed by atoms with Crippen molar-refractivity contribution >= 4 is 346 Å². The van der Waals surface area contributed by atoms with Crippen molar-refractivity contribution in [3.63, 3.8) is 0 Å². The van der Waals surface area contributed by atoms with Crippen LogP contribution in [0.1, 0.15) is 81.9 Å². The molecule has 3 amide bonds. The van der Waals surface area contributed by atoms with E-state index >= 15 is 0 Å². The maximum atomic E-state index is 12.6. The molecule has 28 nitrogen and oxygen atoms in total. The summed E-state index contributed by atoms with van der Waals surface area (Å²) < 4.78 is 5.96. The van der Waals surface area contributed by atoms with E-state index in [1.807, 2.05) is 49.5 Å².